The van der Waals surface area contributed by atoms with Crippen LogP contribution < -0.4 is 11.1 Å². The summed E-state index contributed by atoms with van der Waals surface area (Å²) in [6.07, 6.45) is 0.619. The average molecular weight is 421 g/mol. The van der Waals surface area contributed by atoms with Crippen molar-refractivity contribution in [2.45, 2.75) is 38.6 Å². The van der Waals surface area contributed by atoms with Gasteiger partial charge in [0, 0.05) is 29.7 Å². The largest absolute Gasteiger partial charge is 0.392 e. The van der Waals surface area contributed by atoms with Crippen LogP contribution in [0.5, 0.6) is 0 Å². The maximum absolute atomic E-state index is 9.73. The molecule has 2 unspecified atom stereocenters. The number of rotatable bonds is 6. The Labute approximate surface area is 176 Å². The Bertz CT molecular complexity index is 843. The molecule has 4 N–H and O–H groups in total. The first-order chi connectivity index (χ1) is 13.4. The highest BCUT2D eigenvalue weighted by Gasteiger charge is 2.20. The summed E-state index contributed by atoms with van der Waals surface area (Å²) in [5, 5.41) is 14.1. The van der Waals surface area contributed by atoms with Crippen molar-refractivity contribution in [3.8, 4) is 0 Å². The van der Waals surface area contributed by atoms with Crippen molar-refractivity contribution >= 4 is 29.2 Å². The second-order valence-electron chi connectivity index (χ2n) is 7.18. The zero-order valence-electron chi connectivity index (χ0n) is 15.9. The van der Waals surface area contributed by atoms with Gasteiger partial charge in [0.1, 0.15) is 0 Å². The molecule has 1 fully saturated rings. The fourth-order valence-corrected chi connectivity index (χ4v) is 4.00. The first-order valence-electron chi connectivity index (χ1n) is 9.41. The van der Waals surface area contributed by atoms with Gasteiger partial charge in [0.2, 0.25) is 0 Å². The SMILES string of the molecule is CC(NC(N)=NCc1ccccc1CN1CCC(O)C1)c1ccc(Cl)cc1Cl. The van der Waals surface area contributed by atoms with E-state index in [1.807, 2.05) is 25.1 Å². The van der Waals surface area contributed by atoms with Crippen LogP contribution >= 0.6 is 23.2 Å². The lowest BCUT2D eigenvalue weighted by Gasteiger charge is -2.18. The molecule has 1 saturated heterocycles. The summed E-state index contributed by atoms with van der Waals surface area (Å²) in [5.41, 5.74) is 9.35. The standard InChI is InChI=1S/C21H26Cl2N4O/c1-14(19-7-6-17(22)10-20(19)23)26-21(24)25-11-15-4-2-3-5-16(15)12-27-9-8-18(28)13-27/h2-7,10,14,18,28H,8-9,11-13H2,1H3,(H3,24,25,26). The number of aliphatic hydroxyl groups is 1. The fraction of sp³-hybridized carbons (Fsp3) is 0.381. The molecular formula is C21H26Cl2N4O. The molecule has 2 aromatic carbocycles. The highest BCUT2D eigenvalue weighted by Crippen LogP contribution is 2.26. The van der Waals surface area contributed by atoms with Gasteiger partial charge in [-0.05, 0) is 42.2 Å². The van der Waals surface area contributed by atoms with Crippen molar-refractivity contribution in [1.82, 2.24) is 10.2 Å². The monoisotopic (exact) mass is 420 g/mol. The molecule has 0 spiro atoms. The summed E-state index contributed by atoms with van der Waals surface area (Å²) >= 11 is 12.2. The van der Waals surface area contributed by atoms with Gasteiger partial charge in [-0.1, -0.05) is 53.5 Å². The topological polar surface area (TPSA) is 73.9 Å². The molecule has 0 radical (unpaired) electrons. The number of nitrogens with zero attached hydrogens (tertiary/aromatic N) is 2. The maximum Gasteiger partial charge on any atom is 0.189 e. The van der Waals surface area contributed by atoms with E-state index in [9.17, 15) is 5.11 Å². The quantitative estimate of drug-likeness (QED) is 0.491. The molecule has 3 rings (SSSR count). The van der Waals surface area contributed by atoms with E-state index in [4.69, 9.17) is 28.9 Å². The molecule has 0 aromatic heterocycles. The maximum atomic E-state index is 9.73. The Morgan fingerprint density at radius 1 is 1.29 bits per heavy atom. The molecule has 1 aliphatic rings. The number of likely N-dealkylation sites (tertiary alicyclic amines) is 1. The molecule has 2 atom stereocenters. The second-order valence-corrected chi connectivity index (χ2v) is 8.02. The Morgan fingerprint density at radius 2 is 2.04 bits per heavy atom. The van der Waals surface area contributed by atoms with Gasteiger partial charge in [-0.3, -0.25) is 4.90 Å². The van der Waals surface area contributed by atoms with E-state index in [0.717, 1.165) is 37.2 Å². The van der Waals surface area contributed by atoms with E-state index in [2.05, 4.69) is 27.3 Å². The third-order valence-corrected chi connectivity index (χ3v) is 5.54. The number of nitrogens with two attached hydrogens (primary N) is 1. The lowest BCUT2D eigenvalue weighted by molar-refractivity contribution is 0.174. The molecule has 0 amide bonds. The summed E-state index contributed by atoms with van der Waals surface area (Å²) in [5.74, 6) is 0.366. The van der Waals surface area contributed by atoms with E-state index in [-0.39, 0.29) is 12.1 Å². The van der Waals surface area contributed by atoms with Crippen molar-refractivity contribution < 1.29 is 5.11 Å². The van der Waals surface area contributed by atoms with Gasteiger partial charge in [0.05, 0.1) is 18.7 Å². The number of hydrogen-bond acceptors (Lipinski definition) is 3. The van der Waals surface area contributed by atoms with Crippen molar-refractivity contribution in [2.75, 3.05) is 13.1 Å². The number of hydrogen-bond donors (Lipinski definition) is 3. The smallest absolute Gasteiger partial charge is 0.189 e. The molecule has 5 nitrogen and oxygen atoms in total. The number of halogens is 2. The van der Waals surface area contributed by atoms with E-state index < -0.39 is 0 Å². The number of aliphatic hydroxyl groups excluding tert-OH is 1. The van der Waals surface area contributed by atoms with E-state index in [1.165, 1.54) is 5.56 Å². The van der Waals surface area contributed by atoms with E-state index in [0.29, 0.717) is 22.5 Å². The van der Waals surface area contributed by atoms with Crippen molar-refractivity contribution in [1.29, 1.82) is 0 Å². The number of β-amino-alcohol motifs (C(OH)–C–C–N with tert-alkyl or cyclic N) is 1. The van der Waals surface area contributed by atoms with Crippen LogP contribution in [0.4, 0.5) is 0 Å². The van der Waals surface area contributed by atoms with Crippen LogP contribution in [0.1, 0.15) is 36.1 Å². The Kier molecular flexibility index (Phi) is 7.18. The molecule has 1 aliphatic heterocycles. The molecule has 1 heterocycles. The minimum atomic E-state index is -0.216. The minimum absolute atomic E-state index is 0.0881. The number of guanidine groups is 1. The molecule has 0 aliphatic carbocycles. The predicted molar refractivity (Wildman–Crippen MR) is 116 cm³/mol. The highest BCUT2D eigenvalue weighted by molar-refractivity contribution is 6.35. The van der Waals surface area contributed by atoms with Gasteiger partial charge in [-0.25, -0.2) is 4.99 Å². The molecule has 0 bridgehead atoms. The zero-order chi connectivity index (χ0) is 20.1. The summed E-state index contributed by atoms with van der Waals surface area (Å²) < 4.78 is 0. The van der Waals surface area contributed by atoms with Crippen molar-refractivity contribution in [3.05, 3.63) is 69.2 Å². The van der Waals surface area contributed by atoms with Gasteiger partial charge >= 0.3 is 0 Å². The lowest BCUT2D eigenvalue weighted by atomic mass is 10.1. The summed E-state index contributed by atoms with van der Waals surface area (Å²) in [7, 11) is 0. The number of benzene rings is 2. The van der Waals surface area contributed by atoms with Gasteiger partial charge in [0.25, 0.3) is 0 Å². The Balaban J connectivity index is 1.63. The molecule has 28 heavy (non-hydrogen) atoms. The third-order valence-electron chi connectivity index (χ3n) is 4.97. The Morgan fingerprint density at radius 3 is 2.71 bits per heavy atom. The summed E-state index contributed by atoms with van der Waals surface area (Å²) in [6, 6.07) is 13.5. The van der Waals surface area contributed by atoms with Crippen LogP contribution in [0, 0.1) is 0 Å². The van der Waals surface area contributed by atoms with Crippen LogP contribution in [0.15, 0.2) is 47.5 Å². The normalized spacial score (nSPS) is 19.0. The first-order valence-corrected chi connectivity index (χ1v) is 10.2. The average Bonchev–Trinajstić information content (AvgIpc) is 3.05. The minimum Gasteiger partial charge on any atom is -0.392 e. The van der Waals surface area contributed by atoms with Crippen molar-refractivity contribution in [3.63, 3.8) is 0 Å². The zero-order valence-corrected chi connectivity index (χ0v) is 17.4. The van der Waals surface area contributed by atoms with E-state index in [1.54, 1.807) is 12.1 Å². The Hall–Kier alpha value is -1.79. The highest BCUT2D eigenvalue weighted by atomic mass is 35.5. The van der Waals surface area contributed by atoms with Gasteiger partial charge in [0.15, 0.2) is 5.96 Å². The second kappa shape index (κ2) is 9.61. The molecular weight excluding hydrogens is 395 g/mol. The van der Waals surface area contributed by atoms with Crippen LogP contribution in [-0.4, -0.2) is 35.2 Å². The molecule has 7 heteroatoms. The number of nitrogens with one attached hydrogen (secondary N) is 1. The molecule has 2 aromatic rings. The molecule has 150 valence electrons. The van der Waals surface area contributed by atoms with Gasteiger partial charge in [-0.2, -0.15) is 0 Å². The first kappa shape index (κ1) is 20.9. The van der Waals surface area contributed by atoms with Gasteiger partial charge in [-0.15, -0.1) is 0 Å². The molecule has 0 saturated carbocycles. The van der Waals surface area contributed by atoms with Crippen LogP contribution in [0.2, 0.25) is 10.0 Å². The van der Waals surface area contributed by atoms with Crippen LogP contribution in [0.25, 0.3) is 0 Å². The number of aliphatic imine (C=N–C) groups is 1. The predicted octanol–water partition coefficient (Wildman–Crippen LogP) is 3.73. The third kappa shape index (κ3) is 5.61. The summed E-state index contributed by atoms with van der Waals surface area (Å²) in [4.78, 5) is 6.77. The van der Waals surface area contributed by atoms with Gasteiger partial charge < -0.3 is 16.2 Å². The van der Waals surface area contributed by atoms with Crippen molar-refractivity contribution in [2.24, 2.45) is 10.7 Å². The summed E-state index contributed by atoms with van der Waals surface area (Å²) in [6.45, 7) is 4.92. The van der Waals surface area contributed by atoms with E-state index >= 15 is 0 Å². The lowest BCUT2D eigenvalue weighted by Crippen LogP contribution is -2.34. The fourth-order valence-electron chi connectivity index (χ4n) is 3.43. The van der Waals surface area contributed by atoms with Crippen LogP contribution in [-0.2, 0) is 13.1 Å². The van der Waals surface area contributed by atoms with Crippen LogP contribution in [0.3, 0.4) is 0 Å².